The molecule has 67 valence electrons. The summed E-state index contributed by atoms with van der Waals surface area (Å²) in [4.78, 5) is 0. The maximum atomic E-state index is 5.56. The monoisotopic (exact) mass is 237 g/mol. The number of unbranched alkanes of at least 4 members (excludes halogenated alkanes) is 1. The zero-order valence-electron chi connectivity index (χ0n) is 7.85. The fraction of sp³-hybridized carbons (Fsp3) is 1.00. The Balaban J connectivity index is 3.34. The second-order valence-electron chi connectivity index (χ2n) is 2.34. The number of hydrogen-bond acceptors (Lipinski definition) is 2. The molecule has 0 rings (SSSR count). The van der Waals surface area contributed by atoms with Crippen LogP contribution in [0.3, 0.4) is 0 Å². The summed E-state index contributed by atoms with van der Waals surface area (Å²) in [6.07, 6.45) is 2.53. The summed E-state index contributed by atoms with van der Waals surface area (Å²) >= 11 is -1.79. The van der Waals surface area contributed by atoms with Gasteiger partial charge < -0.3 is 0 Å². The van der Waals surface area contributed by atoms with Crippen molar-refractivity contribution in [2.45, 2.75) is 37.7 Å². The summed E-state index contributed by atoms with van der Waals surface area (Å²) in [5.41, 5.74) is 0. The molecule has 0 aliphatic carbocycles. The molecule has 0 radical (unpaired) electrons. The van der Waals surface area contributed by atoms with E-state index < -0.39 is 22.6 Å². The van der Waals surface area contributed by atoms with Gasteiger partial charge in [-0.2, -0.15) is 0 Å². The molecule has 0 saturated carbocycles. The van der Waals surface area contributed by atoms with E-state index in [4.69, 9.17) is 5.63 Å². The molecule has 0 aliphatic heterocycles. The van der Waals surface area contributed by atoms with Crippen molar-refractivity contribution in [3.05, 3.63) is 0 Å². The molecule has 0 aliphatic rings. The minimum absolute atomic E-state index is 0.832. The van der Waals surface area contributed by atoms with Gasteiger partial charge in [-0.25, -0.2) is 0 Å². The van der Waals surface area contributed by atoms with Crippen LogP contribution in [0.1, 0.15) is 33.6 Å². The van der Waals surface area contributed by atoms with Gasteiger partial charge in [0.2, 0.25) is 0 Å². The van der Waals surface area contributed by atoms with E-state index in [2.05, 4.69) is 6.92 Å². The van der Waals surface area contributed by atoms with Crippen molar-refractivity contribution < 1.29 is 28.3 Å². The first-order valence-electron chi connectivity index (χ1n) is 4.46. The van der Waals surface area contributed by atoms with Crippen LogP contribution in [-0.2, 0) is 28.3 Å². The molecule has 0 saturated heterocycles. The molecule has 0 spiro atoms. The molecule has 0 aromatic carbocycles. The Hall–Kier alpha value is 0.803. The van der Waals surface area contributed by atoms with Crippen LogP contribution in [0.4, 0.5) is 0 Å². The Bertz CT molecular complexity index is 72.5. The number of rotatable bonds is 7. The van der Waals surface area contributed by atoms with E-state index in [1.54, 1.807) is 0 Å². The zero-order chi connectivity index (χ0) is 8.53. The van der Waals surface area contributed by atoms with Crippen LogP contribution in [0.15, 0.2) is 0 Å². The third kappa shape index (κ3) is 7.17. The van der Waals surface area contributed by atoms with Gasteiger partial charge in [0.05, 0.1) is 0 Å². The van der Waals surface area contributed by atoms with Crippen LogP contribution in [0, 0.1) is 0 Å². The summed E-state index contributed by atoms with van der Waals surface area (Å²) in [5, 5.41) is 0. The molecular weight excluding hydrogens is 219 g/mol. The average molecular weight is 238 g/mol. The third-order valence-electron chi connectivity index (χ3n) is 1.35. The molecule has 0 aromatic heterocycles. The van der Waals surface area contributed by atoms with Gasteiger partial charge in [-0.15, -0.1) is 0 Å². The van der Waals surface area contributed by atoms with Crippen LogP contribution in [-0.4, -0.2) is 13.2 Å². The van der Waals surface area contributed by atoms with E-state index in [1.165, 1.54) is 17.0 Å². The normalized spacial score (nSPS) is 10.1. The zero-order valence-corrected chi connectivity index (χ0v) is 10.3. The topological polar surface area (TPSA) is 18.5 Å². The predicted molar refractivity (Wildman–Crippen MR) is 43.0 cm³/mol. The van der Waals surface area contributed by atoms with Crippen LogP contribution in [0.5, 0.6) is 0 Å². The first-order chi connectivity index (χ1) is 5.35. The Labute approximate surface area is 79.2 Å². The van der Waals surface area contributed by atoms with E-state index in [0.29, 0.717) is 0 Å². The quantitative estimate of drug-likeness (QED) is 0.679. The van der Waals surface area contributed by atoms with Crippen molar-refractivity contribution in [1.29, 1.82) is 0 Å². The Morgan fingerprint density at radius 3 is 1.91 bits per heavy atom. The van der Waals surface area contributed by atoms with Crippen LogP contribution in [0.2, 0.25) is 4.13 Å². The first kappa shape index (κ1) is 11.8. The Kier molecular flexibility index (Phi) is 9.55. The second-order valence-corrected chi connectivity index (χ2v) is 6.82. The molecule has 0 amide bonds. The molecule has 0 heterocycles. The van der Waals surface area contributed by atoms with Gasteiger partial charge in [-0.05, 0) is 0 Å². The molecule has 0 fully saturated rings. The van der Waals surface area contributed by atoms with Crippen molar-refractivity contribution in [3.63, 3.8) is 0 Å². The summed E-state index contributed by atoms with van der Waals surface area (Å²) in [5.74, 6) is 0. The fourth-order valence-corrected chi connectivity index (χ4v) is 4.90. The standard InChI is InChI=1S/C4H9.2C2H5O.Zr/c1-3-4-2;2*1-2-3;/h1,3-4H2,2H3;2*2H2,1H3;/q;2*-1;+2. The van der Waals surface area contributed by atoms with Crippen molar-refractivity contribution in [3.8, 4) is 0 Å². The SMILES string of the molecule is CCC[CH2][Zr]([O]CC)[O]CC. The van der Waals surface area contributed by atoms with E-state index >= 15 is 0 Å². The van der Waals surface area contributed by atoms with Gasteiger partial charge in [0.25, 0.3) is 0 Å². The van der Waals surface area contributed by atoms with Gasteiger partial charge in [-0.1, -0.05) is 0 Å². The van der Waals surface area contributed by atoms with Crippen molar-refractivity contribution in [2.24, 2.45) is 0 Å². The number of hydrogen-bond donors (Lipinski definition) is 0. The minimum atomic E-state index is -1.79. The van der Waals surface area contributed by atoms with E-state index in [9.17, 15) is 0 Å². The fourth-order valence-electron chi connectivity index (χ4n) is 0.829. The molecule has 0 atom stereocenters. The molecule has 2 nitrogen and oxygen atoms in total. The van der Waals surface area contributed by atoms with Crippen molar-refractivity contribution in [1.82, 2.24) is 0 Å². The molecule has 0 N–H and O–H groups in total. The van der Waals surface area contributed by atoms with Crippen LogP contribution < -0.4 is 0 Å². The average Bonchev–Trinajstić information content (AvgIpc) is 2.01. The first-order valence-corrected chi connectivity index (χ1v) is 8.21. The molecule has 11 heavy (non-hydrogen) atoms. The Morgan fingerprint density at radius 1 is 1.00 bits per heavy atom. The molecule has 0 aromatic rings. The van der Waals surface area contributed by atoms with Gasteiger partial charge in [-0.3, -0.25) is 0 Å². The van der Waals surface area contributed by atoms with E-state index in [-0.39, 0.29) is 0 Å². The van der Waals surface area contributed by atoms with Gasteiger partial charge in [0.15, 0.2) is 0 Å². The predicted octanol–water partition coefficient (Wildman–Crippen LogP) is 2.73. The molecule has 0 unspecified atom stereocenters. The third-order valence-corrected chi connectivity index (χ3v) is 6.22. The summed E-state index contributed by atoms with van der Waals surface area (Å²) in [6, 6.07) is 0. The van der Waals surface area contributed by atoms with Gasteiger partial charge >= 0.3 is 79.2 Å². The summed E-state index contributed by atoms with van der Waals surface area (Å²) < 4.78 is 12.3. The van der Waals surface area contributed by atoms with Gasteiger partial charge in [0, 0.05) is 0 Å². The maximum absolute atomic E-state index is 5.56. The molecule has 0 bridgehead atoms. The summed E-state index contributed by atoms with van der Waals surface area (Å²) in [7, 11) is 0. The van der Waals surface area contributed by atoms with E-state index in [1.807, 2.05) is 13.8 Å². The summed E-state index contributed by atoms with van der Waals surface area (Å²) in [6.45, 7) is 7.96. The van der Waals surface area contributed by atoms with Gasteiger partial charge in [0.1, 0.15) is 0 Å². The van der Waals surface area contributed by atoms with Crippen molar-refractivity contribution in [2.75, 3.05) is 13.2 Å². The second kappa shape index (κ2) is 8.90. The molecule has 3 heteroatoms. The van der Waals surface area contributed by atoms with E-state index in [0.717, 1.165) is 13.2 Å². The van der Waals surface area contributed by atoms with Crippen molar-refractivity contribution >= 4 is 0 Å². The van der Waals surface area contributed by atoms with Crippen LogP contribution >= 0.6 is 0 Å². The van der Waals surface area contributed by atoms with Crippen LogP contribution in [0.25, 0.3) is 0 Å². The Morgan fingerprint density at radius 2 is 1.55 bits per heavy atom. The molecular formula is C8H19O2Zr.